The number of ether oxygens (including phenoxy) is 4. The van der Waals surface area contributed by atoms with Gasteiger partial charge in [-0.2, -0.15) is 0 Å². The number of esters is 1. The number of nitro benzene ring substituents is 1. The third kappa shape index (κ3) is 5.25. The average Bonchev–Trinajstić information content (AvgIpc) is 2.91. The number of nitrogens with zero attached hydrogens (tertiary/aromatic N) is 1. The van der Waals surface area contributed by atoms with E-state index in [1.807, 2.05) is 0 Å². The van der Waals surface area contributed by atoms with Gasteiger partial charge >= 0.3 is 5.97 Å². The molecule has 0 bridgehead atoms. The molecule has 36 heavy (non-hydrogen) atoms. The molecule has 4 rings (SSSR count). The van der Waals surface area contributed by atoms with E-state index in [1.165, 1.54) is 31.4 Å². The lowest BCUT2D eigenvalue weighted by molar-refractivity contribution is -0.384. The number of carbonyl (C=O) groups excluding carboxylic acids is 3. The van der Waals surface area contributed by atoms with E-state index < -0.39 is 29.2 Å². The summed E-state index contributed by atoms with van der Waals surface area (Å²) in [6.45, 7) is 0.0749. The average molecular weight is 492 g/mol. The first kappa shape index (κ1) is 24.2. The van der Waals surface area contributed by atoms with Crippen LogP contribution < -0.4 is 19.5 Å². The SMILES string of the molecule is COc1ccc([N+](=O)[O-])cc1NC(=O)COC(=O)c1ccccc1C(=O)c1ccc2c(c1)OCCO2. The molecule has 0 aliphatic carbocycles. The number of hydrogen-bond donors (Lipinski definition) is 1. The standard InChI is InChI=1S/C25H20N2O9/c1-33-20-9-7-16(27(31)32)13-19(20)26-23(28)14-36-25(30)18-5-3-2-4-17(18)24(29)15-6-8-21-22(12-15)35-11-10-34-21/h2-9,12-13H,10-11,14H2,1H3,(H,26,28). The molecule has 0 saturated carbocycles. The number of hydrogen-bond acceptors (Lipinski definition) is 9. The summed E-state index contributed by atoms with van der Waals surface area (Å²) >= 11 is 0. The molecule has 0 atom stereocenters. The number of anilines is 1. The molecule has 0 saturated heterocycles. The number of nitro groups is 1. The fourth-order valence-electron chi connectivity index (χ4n) is 3.50. The fraction of sp³-hybridized carbons (Fsp3) is 0.160. The van der Waals surface area contributed by atoms with E-state index in [0.717, 1.165) is 6.07 Å². The molecule has 1 amide bonds. The van der Waals surface area contributed by atoms with Gasteiger partial charge in [-0.05, 0) is 30.3 Å². The monoisotopic (exact) mass is 492 g/mol. The molecule has 11 nitrogen and oxygen atoms in total. The number of nitrogens with one attached hydrogen (secondary N) is 1. The minimum Gasteiger partial charge on any atom is -0.495 e. The Hall–Kier alpha value is -4.93. The van der Waals surface area contributed by atoms with Crippen molar-refractivity contribution >= 4 is 29.0 Å². The Bertz CT molecular complexity index is 1350. The van der Waals surface area contributed by atoms with Crippen molar-refractivity contribution in [3.63, 3.8) is 0 Å². The zero-order chi connectivity index (χ0) is 25.7. The molecule has 0 radical (unpaired) electrons. The van der Waals surface area contributed by atoms with Gasteiger partial charge in [0.05, 0.1) is 23.3 Å². The number of ketones is 1. The molecular formula is C25H20N2O9. The third-order valence-electron chi connectivity index (χ3n) is 5.20. The lowest BCUT2D eigenvalue weighted by atomic mass is 9.98. The van der Waals surface area contributed by atoms with E-state index >= 15 is 0 Å². The smallest absolute Gasteiger partial charge is 0.339 e. The van der Waals surface area contributed by atoms with E-state index in [0.29, 0.717) is 24.7 Å². The maximum atomic E-state index is 13.1. The highest BCUT2D eigenvalue weighted by Gasteiger charge is 2.22. The van der Waals surface area contributed by atoms with E-state index in [1.54, 1.807) is 30.3 Å². The van der Waals surface area contributed by atoms with Gasteiger partial charge in [-0.25, -0.2) is 4.79 Å². The van der Waals surface area contributed by atoms with Crippen molar-refractivity contribution in [2.45, 2.75) is 0 Å². The van der Waals surface area contributed by atoms with Crippen LogP contribution in [0.4, 0.5) is 11.4 Å². The van der Waals surface area contributed by atoms with Crippen molar-refractivity contribution in [1.82, 2.24) is 0 Å². The fourth-order valence-corrected chi connectivity index (χ4v) is 3.50. The van der Waals surface area contributed by atoms with Gasteiger partial charge in [0, 0.05) is 23.3 Å². The summed E-state index contributed by atoms with van der Waals surface area (Å²) in [4.78, 5) is 48.6. The maximum Gasteiger partial charge on any atom is 0.339 e. The molecule has 0 fully saturated rings. The van der Waals surface area contributed by atoms with Crippen molar-refractivity contribution in [3.05, 3.63) is 87.5 Å². The van der Waals surface area contributed by atoms with Crippen molar-refractivity contribution < 1.29 is 38.3 Å². The van der Waals surface area contributed by atoms with Crippen LogP contribution in [0, 0.1) is 10.1 Å². The van der Waals surface area contributed by atoms with Gasteiger partial charge in [0.1, 0.15) is 19.0 Å². The van der Waals surface area contributed by atoms with E-state index in [2.05, 4.69) is 5.32 Å². The van der Waals surface area contributed by atoms with Gasteiger partial charge in [-0.3, -0.25) is 19.7 Å². The number of non-ortho nitro benzene ring substituents is 1. The van der Waals surface area contributed by atoms with Crippen LogP contribution in [0.1, 0.15) is 26.3 Å². The molecule has 0 unspecified atom stereocenters. The summed E-state index contributed by atoms with van der Waals surface area (Å²) in [7, 11) is 1.34. The zero-order valence-electron chi connectivity index (χ0n) is 19.0. The second-order valence-electron chi connectivity index (χ2n) is 7.50. The van der Waals surface area contributed by atoms with Crippen molar-refractivity contribution in [2.24, 2.45) is 0 Å². The first-order chi connectivity index (χ1) is 17.4. The molecule has 0 aromatic heterocycles. The van der Waals surface area contributed by atoms with E-state index in [4.69, 9.17) is 18.9 Å². The zero-order valence-corrected chi connectivity index (χ0v) is 19.0. The number of methoxy groups -OCH3 is 1. The van der Waals surface area contributed by atoms with Crippen molar-refractivity contribution in [2.75, 3.05) is 32.2 Å². The van der Waals surface area contributed by atoms with E-state index in [-0.39, 0.29) is 33.8 Å². The summed E-state index contributed by atoms with van der Waals surface area (Å²) in [6, 6.07) is 14.5. The van der Waals surface area contributed by atoms with Crippen LogP contribution in [0.3, 0.4) is 0 Å². The van der Waals surface area contributed by atoms with Crippen LogP contribution in [-0.2, 0) is 9.53 Å². The second-order valence-corrected chi connectivity index (χ2v) is 7.50. The van der Waals surface area contributed by atoms with Gasteiger partial charge < -0.3 is 24.3 Å². The molecule has 184 valence electrons. The first-order valence-electron chi connectivity index (χ1n) is 10.7. The molecule has 3 aromatic carbocycles. The number of benzene rings is 3. The predicted molar refractivity (Wildman–Crippen MR) is 126 cm³/mol. The number of amides is 1. The van der Waals surface area contributed by atoms with Crippen LogP contribution in [0.25, 0.3) is 0 Å². The van der Waals surface area contributed by atoms with Gasteiger partial charge in [0.15, 0.2) is 23.9 Å². The topological polar surface area (TPSA) is 143 Å². The number of carbonyl (C=O) groups is 3. The molecular weight excluding hydrogens is 472 g/mol. The highest BCUT2D eigenvalue weighted by molar-refractivity contribution is 6.14. The van der Waals surface area contributed by atoms with Crippen molar-refractivity contribution in [1.29, 1.82) is 0 Å². The third-order valence-corrected chi connectivity index (χ3v) is 5.20. The number of fused-ring (bicyclic) bond motifs is 1. The highest BCUT2D eigenvalue weighted by atomic mass is 16.6. The Labute approximate surface area is 204 Å². The lowest BCUT2D eigenvalue weighted by Crippen LogP contribution is -2.22. The molecule has 1 aliphatic rings. The Morgan fingerprint density at radius 1 is 0.972 bits per heavy atom. The summed E-state index contributed by atoms with van der Waals surface area (Å²) in [6.07, 6.45) is 0. The minimum absolute atomic E-state index is 0.0295. The quantitative estimate of drug-likeness (QED) is 0.216. The van der Waals surface area contributed by atoms with Gasteiger partial charge in [0.2, 0.25) is 0 Å². The van der Waals surface area contributed by atoms with Crippen LogP contribution in [0.2, 0.25) is 0 Å². The molecule has 0 spiro atoms. The van der Waals surface area contributed by atoms with Crippen LogP contribution in [-0.4, -0.2) is 49.5 Å². The second kappa shape index (κ2) is 10.6. The first-order valence-corrected chi connectivity index (χ1v) is 10.7. The summed E-state index contributed by atoms with van der Waals surface area (Å²) in [5.41, 5.74) is 0.129. The predicted octanol–water partition coefficient (Wildman–Crippen LogP) is 3.40. The molecule has 11 heteroatoms. The van der Waals surface area contributed by atoms with E-state index in [9.17, 15) is 24.5 Å². The van der Waals surface area contributed by atoms with Crippen molar-refractivity contribution in [3.8, 4) is 17.2 Å². The lowest BCUT2D eigenvalue weighted by Gasteiger charge is -2.18. The Kier molecular flexibility index (Phi) is 7.10. The Balaban J connectivity index is 1.46. The summed E-state index contributed by atoms with van der Waals surface area (Å²) in [5, 5.41) is 13.4. The highest BCUT2D eigenvalue weighted by Crippen LogP contribution is 2.32. The van der Waals surface area contributed by atoms with Gasteiger partial charge in [0.25, 0.3) is 11.6 Å². The molecule has 1 aliphatic heterocycles. The minimum atomic E-state index is -0.891. The van der Waals surface area contributed by atoms with Crippen LogP contribution in [0.5, 0.6) is 17.2 Å². The van der Waals surface area contributed by atoms with Crippen LogP contribution in [0.15, 0.2) is 60.7 Å². The summed E-state index contributed by atoms with van der Waals surface area (Å²) < 4.78 is 21.2. The Morgan fingerprint density at radius 2 is 1.69 bits per heavy atom. The summed E-state index contributed by atoms with van der Waals surface area (Å²) in [5.74, 6) is -0.936. The largest absolute Gasteiger partial charge is 0.495 e. The number of rotatable bonds is 8. The molecule has 1 N–H and O–H groups in total. The molecule has 3 aromatic rings. The molecule has 1 heterocycles. The van der Waals surface area contributed by atoms with Gasteiger partial charge in [-0.15, -0.1) is 0 Å². The van der Waals surface area contributed by atoms with Crippen LogP contribution >= 0.6 is 0 Å². The Morgan fingerprint density at radius 3 is 2.42 bits per heavy atom. The maximum absolute atomic E-state index is 13.1. The van der Waals surface area contributed by atoms with Gasteiger partial charge in [-0.1, -0.05) is 18.2 Å². The normalized spacial score (nSPS) is 11.8.